The van der Waals surface area contributed by atoms with Gasteiger partial charge in [0.15, 0.2) is 0 Å². The molecule has 94 valence electrons. The van der Waals surface area contributed by atoms with Crippen molar-refractivity contribution in [3.63, 3.8) is 0 Å². The van der Waals surface area contributed by atoms with Crippen molar-refractivity contribution < 1.29 is 0 Å². The first kappa shape index (κ1) is 12.1. The molecule has 1 aromatic heterocycles. The van der Waals surface area contributed by atoms with Gasteiger partial charge in [0.1, 0.15) is 5.82 Å². The van der Waals surface area contributed by atoms with Crippen LogP contribution in [-0.4, -0.2) is 30.1 Å². The predicted octanol–water partition coefficient (Wildman–Crippen LogP) is 2.53. The van der Waals surface area contributed by atoms with E-state index in [2.05, 4.69) is 29.1 Å². The van der Waals surface area contributed by atoms with Crippen molar-refractivity contribution in [1.82, 2.24) is 9.97 Å². The number of rotatable bonds is 3. The van der Waals surface area contributed by atoms with Gasteiger partial charge in [-0.3, -0.25) is 0 Å². The standard InChI is InChI=1S/C13H22N4/c1-13(2)8-5-6-10(13)15-11-7-9-14-12(16-11)17(3)4/h7,9-10H,5-6,8H2,1-4H3,(H,14,15,16). The first-order valence-electron chi connectivity index (χ1n) is 6.26. The fourth-order valence-electron chi connectivity index (χ4n) is 2.42. The molecule has 17 heavy (non-hydrogen) atoms. The molecule has 0 saturated heterocycles. The van der Waals surface area contributed by atoms with Gasteiger partial charge in [-0.2, -0.15) is 4.98 Å². The molecule has 1 aromatic rings. The number of anilines is 2. The summed E-state index contributed by atoms with van der Waals surface area (Å²) in [4.78, 5) is 10.7. The average Bonchev–Trinajstić information content (AvgIpc) is 2.59. The van der Waals surface area contributed by atoms with E-state index < -0.39 is 0 Å². The molecule has 2 rings (SSSR count). The summed E-state index contributed by atoms with van der Waals surface area (Å²) in [5.41, 5.74) is 0.364. The van der Waals surface area contributed by atoms with E-state index in [9.17, 15) is 0 Å². The molecule has 1 fully saturated rings. The highest BCUT2D eigenvalue weighted by atomic mass is 15.2. The molecule has 0 bridgehead atoms. The Morgan fingerprint density at radius 1 is 1.41 bits per heavy atom. The Kier molecular flexibility index (Phi) is 3.22. The molecule has 4 heteroatoms. The van der Waals surface area contributed by atoms with E-state index in [1.807, 2.05) is 31.3 Å². The predicted molar refractivity (Wildman–Crippen MR) is 71.4 cm³/mol. The fraction of sp³-hybridized carbons (Fsp3) is 0.692. The highest BCUT2D eigenvalue weighted by molar-refractivity contribution is 5.41. The van der Waals surface area contributed by atoms with Gasteiger partial charge in [0.25, 0.3) is 0 Å². The summed E-state index contributed by atoms with van der Waals surface area (Å²) >= 11 is 0. The van der Waals surface area contributed by atoms with E-state index >= 15 is 0 Å². The maximum Gasteiger partial charge on any atom is 0.226 e. The van der Waals surface area contributed by atoms with E-state index in [0.29, 0.717) is 11.5 Å². The Morgan fingerprint density at radius 3 is 2.76 bits per heavy atom. The molecule has 1 atom stereocenters. The summed E-state index contributed by atoms with van der Waals surface area (Å²) in [5, 5.41) is 3.55. The van der Waals surface area contributed by atoms with Gasteiger partial charge in [-0.15, -0.1) is 0 Å². The van der Waals surface area contributed by atoms with Crippen LogP contribution < -0.4 is 10.2 Å². The minimum Gasteiger partial charge on any atom is -0.367 e. The van der Waals surface area contributed by atoms with Gasteiger partial charge in [-0.1, -0.05) is 20.3 Å². The molecule has 1 unspecified atom stereocenters. The summed E-state index contributed by atoms with van der Waals surface area (Å²) in [6.45, 7) is 4.65. The zero-order valence-corrected chi connectivity index (χ0v) is 11.2. The lowest BCUT2D eigenvalue weighted by molar-refractivity contribution is 0.349. The monoisotopic (exact) mass is 234 g/mol. The number of nitrogens with one attached hydrogen (secondary N) is 1. The molecular formula is C13H22N4. The second-order valence-corrected chi connectivity index (χ2v) is 5.71. The summed E-state index contributed by atoms with van der Waals surface area (Å²) in [7, 11) is 3.91. The van der Waals surface area contributed by atoms with Gasteiger partial charge >= 0.3 is 0 Å². The van der Waals surface area contributed by atoms with Crippen molar-refractivity contribution >= 4 is 11.8 Å². The van der Waals surface area contributed by atoms with Gasteiger partial charge in [0.2, 0.25) is 5.95 Å². The van der Waals surface area contributed by atoms with Crippen molar-refractivity contribution in [2.75, 3.05) is 24.3 Å². The van der Waals surface area contributed by atoms with Crippen LogP contribution in [0.1, 0.15) is 33.1 Å². The van der Waals surface area contributed by atoms with E-state index in [4.69, 9.17) is 0 Å². The minimum absolute atomic E-state index is 0.364. The van der Waals surface area contributed by atoms with Crippen molar-refractivity contribution in [2.24, 2.45) is 5.41 Å². The topological polar surface area (TPSA) is 41.1 Å². The summed E-state index contributed by atoms with van der Waals surface area (Å²) < 4.78 is 0. The lowest BCUT2D eigenvalue weighted by Crippen LogP contribution is -2.31. The van der Waals surface area contributed by atoms with Crippen LogP contribution >= 0.6 is 0 Å². The number of hydrogen-bond donors (Lipinski definition) is 1. The van der Waals surface area contributed by atoms with Crippen molar-refractivity contribution in [2.45, 2.75) is 39.2 Å². The molecule has 4 nitrogen and oxygen atoms in total. The molecule has 1 aliphatic carbocycles. The number of nitrogens with zero attached hydrogens (tertiary/aromatic N) is 3. The van der Waals surface area contributed by atoms with E-state index in [0.717, 1.165) is 11.8 Å². The van der Waals surface area contributed by atoms with Gasteiger partial charge < -0.3 is 10.2 Å². The minimum atomic E-state index is 0.364. The highest BCUT2D eigenvalue weighted by Gasteiger charge is 2.34. The first-order valence-corrected chi connectivity index (χ1v) is 6.26. The second kappa shape index (κ2) is 4.51. The lowest BCUT2D eigenvalue weighted by Gasteiger charge is -2.28. The van der Waals surface area contributed by atoms with Crippen LogP contribution in [0.25, 0.3) is 0 Å². The van der Waals surface area contributed by atoms with Crippen molar-refractivity contribution in [3.8, 4) is 0 Å². The molecule has 1 heterocycles. The molecule has 0 amide bonds. The summed E-state index contributed by atoms with van der Waals surface area (Å²) in [6.07, 6.45) is 5.63. The Morgan fingerprint density at radius 2 is 2.18 bits per heavy atom. The third kappa shape index (κ3) is 2.68. The van der Waals surface area contributed by atoms with E-state index in [1.54, 1.807) is 0 Å². The van der Waals surface area contributed by atoms with Crippen LogP contribution in [0.2, 0.25) is 0 Å². The maximum atomic E-state index is 4.50. The van der Waals surface area contributed by atoms with Crippen molar-refractivity contribution in [3.05, 3.63) is 12.3 Å². The quantitative estimate of drug-likeness (QED) is 0.872. The zero-order valence-electron chi connectivity index (χ0n) is 11.2. The first-order chi connectivity index (χ1) is 7.99. The molecule has 0 radical (unpaired) electrons. The normalized spacial score (nSPS) is 22.5. The lowest BCUT2D eigenvalue weighted by atomic mass is 9.87. The third-order valence-electron chi connectivity index (χ3n) is 3.62. The smallest absolute Gasteiger partial charge is 0.226 e. The number of aromatic nitrogens is 2. The molecular weight excluding hydrogens is 212 g/mol. The molecule has 0 aromatic carbocycles. The fourth-order valence-corrected chi connectivity index (χ4v) is 2.42. The SMILES string of the molecule is CN(C)c1nccc(NC2CCCC2(C)C)n1. The third-order valence-corrected chi connectivity index (χ3v) is 3.62. The van der Waals surface area contributed by atoms with Crippen LogP contribution in [0.3, 0.4) is 0 Å². The van der Waals surface area contributed by atoms with Crippen LogP contribution in [0.5, 0.6) is 0 Å². The molecule has 0 spiro atoms. The zero-order chi connectivity index (χ0) is 12.5. The van der Waals surface area contributed by atoms with Crippen LogP contribution in [0, 0.1) is 5.41 Å². The Hall–Kier alpha value is -1.32. The van der Waals surface area contributed by atoms with E-state index in [1.165, 1.54) is 19.3 Å². The van der Waals surface area contributed by atoms with Gasteiger partial charge in [-0.05, 0) is 24.3 Å². The van der Waals surface area contributed by atoms with E-state index in [-0.39, 0.29) is 0 Å². The number of hydrogen-bond acceptors (Lipinski definition) is 4. The van der Waals surface area contributed by atoms with Crippen LogP contribution in [0.15, 0.2) is 12.3 Å². The molecule has 1 saturated carbocycles. The Bertz CT molecular complexity index is 387. The van der Waals surface area contributed by atoms with Gasteiger partial charge in [0, 0.05) is 26.3 Å². The van der Waals surface area contributed by atoms with Crippen LogP contribution in [-0.2, 0) is 0 Å². The maximum absolute atomic E-state index is 4.50. The summed E-state index contributed by atoms with van der Waals surface area (Å²) in [5.74, 6) is 1.69. The van der Waals surface area contributed by atoms with Gasteiger partial charge in [-0.25, -0.2) is 4.98 Å². The Labute approximate surface area is 103 Å². The van der Waals surface area contributed by atoms with Gasteiger partial charge in [0.05, 0.1) is 0 Å². The molecule has 0 aliphatic heterocycles. The Balaban J connectivity index is 2.11. The second-order valence-electron chi connectivity index (χ2n) is 5.71. The summed E-state index contributed by atoms with van der Waals surface area (Å²) in [6, 6.07) is 2.47. The average molecular weight is 234 g/mol. The molecule has 1 aliphatic rings. The highest BCUT2D eigenvalue weighted by Crippen LogP contribution is 2.38. The van der Waals surface area contributed by atoms with Crippen molar-refractivity contribution in [1.29, 1.82) is 0 Å². The molecule has 1 N–H and O–H groups in total. The largest absolute Gasteiger partial charge is 0.367 e. The van der Waals surface area contributed by atoms with Crippen LogP contribution in [0.4, 0.5) is 11.8 Å².